The first kappa shape index (κ1) is 10.5. The van der Waals surface area contributed by atoms with Gasteiger partial charge in [0, 0.05) is 6.07 Å². The van der Waals surface area contributed by atoms with Crippen LogP contribution < -0.4 is 5.69 Å². The lowest BCUT2D eigenvalue weighted by atomic mass is 9.98. The summed E-state index contributed by atoms with van der Waals surface area (Å²) in [5.74, 6) is -0.158. The predicted molar refractivity (Wildman–Crippen MR) is 57.3 cm³/mol. The topological polar surface area (TPSA) is 80.1 Å². The summed E-state index contributed by atoms with van der Waals surface area (Å²) in [7, 11) is 0. The highest BCUT2D eigenvalue weighted by atomic mass is 16.1. The molecule has 6 heteroatoms. The number of hydrogen-bond donors (Lipinski definition) is 1. The first-order valence-corrected chi connectivity index (χ1v) is 5.06. The summed E-state index contributed by atoms with van der Waals surface area (Å²) >= 11 is 0. The van der Waals surface area contributed by atoms with Crippen LogP contribution in [0.3, 0.4) is 0 Å². The van der Waals surface area contributed by atoms with Gasteiger partial charge in [-0.2, -0.15) is 5.10 Å². The van der Waals surface area contributed by atoms with Gasteiger partial charge in [-0.05, 0) is 13.3 Å². The van der Waals surface area contributed by atoms with Gasteiger partial charge in [0.2, 0.25) is 0 Å². The number of rotatable bonds is 3. The maximum atomic E-state index is 11.4. The van der Waals surface area contributed by atoms with Crippen LogP contribution in [0, 0.1) is 0 Å². The summed E-state index contributed by atoms with van der Waals surface area (Å²) in [4.78, 5) is 26.7. The van der Waals surface area contributed by atoms with Gasteiger partial charge in [-0.15, -0.1) is 0 Å². The molecule has 1 N–H and O–H groups in total. The highest BCUT2D eigenvalue weighted by Gasteiger charge is 2.16. The van der Waals surface area contributed by atoms with Crippen LogP contribution in [0.1, 0.15) is 31.9 Å². The van der Waals surface area contributed by atoms with Crippen molar-refractivity contribution in [1.29, 1.82) is 0 Å². The Kier molecular flexibility index (Phi) is 2.55. The third kappa shape index (κ3) is 1.62. The molecule has 6 nitrogen and oxygen atoms in total. The molecule has 0 aromatic carbocycles. The maximum absolute atomic E-state index is 11.4. The number of carbonyl (C=O) groups is 1. The number of aromatic amines is 1. The first-order chi connectivity index (χ1) is 7.63. The van der Waals surface area contributed by atoms with Gasteiger partial charge in [-0.25, -0.2) is 19.3 Å². The van der Waals surface area contributed by atoms with Crippen LogP contribution in [0.15, 0.2) is 17.2 Å². The predicted octanol–water partition coefficient (Wildman–Crippen LogP) is 0.500. The number of nitrogens with one attached hydrogen (secondary N) is 1. The Morgan fingerprint density at radius 1 is 1.62 bits per heavy atom. The summed E-state index contributed by atoms with van der Waals surface area (Å²) in [6, 6.07) is 1.66. The Morgan fingerprint density at radius 3 is 3.00 bits per heavy atom. The highest BCUT2D eigenvalue weighted by molar-refractivity contribution is 5.83. The van der Waals surface area contributed by atoms with Crippen molar-refractivity contribution in [3.05, 3.63) is 28.6 Å². The van der Waals surface area contributed by atoms with Crippen molar-refractivity contribution < 1.29 is 4.79 Å². The molecule has 0 aliphatic rings. The van der Waals surface area contributed by atoms with E-state index < -0.39 is 0 Å². The van der Waals surface area contributed by atoms with Crippen LogP contribution >= 0.6 is 0 Å². The Morgan fingerprint density at radius 2 is 2.38 bits per heavy atom. The van der Waals surface area contributed by atoms with E-state index in [1.165, 1.54) is 17.7 Å². The zero-order chi connectivity index (χ0) is 11.7. The standard InChI is InChI=1S/C10H12N4O2/c1-3-7(6(2)15)8-4-9-12-13-10(16)14(9)5-11-8/h4-5,7H,3H2,1-2H3,(H,13,16). The maximum Gasteiger partial charge on any atom is 0.348 e. The van der Waals surface area contributed by atoms with Gasteiger partial charge in [0.25, 0.3) is 0 Å². The second-order valence-corrected chi connectivity index (χ2v) is 3.64. The number of aromatic nitrogens is 4. The van der Waals surface area contributed by atoms with E-state index in [9.17, 15) is 9.59 Å². The summed E-state index contributed by atoms with van der Waals surface area (Å²) in [5, 5.41) is 6.15. The van der Waals surface area contributed by atoms with Gasteiger partial charge >= 0.3 is 5.69 Å². The number of Topliss-reactive ketones (excluding diaryl/α,β-unsaturated/α-hetero) is 1. The Labute approximate surface area is 91.3 Å². The third-order valence-electron chi connectivity index (χ3n) is 2.59. The molecule has 2 rings (SSSR count). The number of hydrogen-bond acceptors (Lipinski definition) is 4. The quantitative estimate of drug-likeness (QED) is 0.816. The average molecular weight is 220 g/mol. The van der Waals surface area contributed by atoms with Gasteiger partial charge in [0.05, 0.1) is 11.6 Å². The minimum absolute atomic E-state index is 0.0669. The Hall–Kier alpha value is -1.98. The lowest BCUT2D eigenvalue weighted by Gasteiger charge is -2.09. The van der Waals surface area contributed by atoms with Crippen LogP contribution in [-0.2, 0) is 4.79 Å². The molecular weight excluding hydrogens is 208 g/mol. The highest BCUT2D eigenvalue weighted by Crippen LogP contribution is 2.18. The zero-order valence-electron chi connectivity index (χ0n) is 9.10. The van der Waals surface area contributed by atoms with E-state index >= 15 is 0 Å². The van der Waals surface area contributed by atoms with E-state index in [2.05, 4.69) is 15.2 Å². The lowest BCUT2D eigenvalue weighted by molar-refractivity contribution is -0.118. The molecule has 84 valence electrons. The normalized spacial score (nSPS) is 12.9. The third-order valence-corrected chi connectivity index (χ3v) is 2.59. The first-order valence-electron chi connectivity index (χ1n) is 5.06. The monoisotopic (exact) mass is 220 g/mol. The van der Waals surface area contributed by atoms with Crippen molar-refractivity contribution in [2.24, 2.45) is 0 Å². The van der Waals surface area contributed by atoms with Crippen LogP contribution in [0.25, 0.3) is 5.65 Å². The number of carbonyl (C=O) groups excluding carboxylic acids is 1. The van der Waals surface area contributed by atoms with Gasteiger partial charge in [-0.3, -0.25) is 4.79 Å². The molecule has 1 atom stereocenters. The molecule has 16 heavy (non-hydrogen) atoms. The van der Waals surface area contributed by atoms with Crippen molar-refractivity contribution in [3.63, 3.8) is 0 Å². The summed E-state index contributed by atoms with van der Waals surface area (Å²) in [6.07, 6.45) is 2.08. The van der Waals surface area contributed by atoms with Crippen molar-refractivity contribution >= 4 is 11.4 Å². The minimum atomic E-state index is -0.329. The van der Waals surface area contributed by atoms with E-state index in [-0.39, 0.29) is 17.4 Å². The molecule has 2 heterocycles. The van der Waals surface area contributed by atoms with Crippen LogP contribution in [0.5, 0.6) is 0 Å². The zero-order valence-corrected chi connectivity index (χ0v) is 9.10. The average Bonchev–Trinajstić information content (AvgIpc) is 2.61. The molecule has 0 amide bonds. The number of ketones is 1. The smallest absolute Gasteiger partial charge is 0.299 e. The molecule has 0 fully saturated rings. The molecule has 0 saturated carbocycles. The van der Waals surface area contributed by atoms with E-state index in [1.807, 2.05) is 6.92 Å². The molecule has 2 aromatic heterocycles. The summed E-state index contributed by atoms with van der Waals surface area (Å²) in [5.41, 5.74) is 0.807. The van der Waals surface area contributed by atoms with Crippen molar-refractivity contribution in [3.8, 4) is 0 Å². The number of fused-ring (bicyclic) bond motifs is 1. The van der Waals surface area contributed by atoms with Gasteiger partial charge < -0.3 is 0 Å². The molecule has 0 radical (unpaired) electrons. The molecular formula is C10H12N4O2. The fourth-order valence-electron chi connectivity index (χ4n) is 1.72. The fourth-order valence-corrected chi connectivity index (χ4v) is 1.72. The van der Waals surface area contributed by atoms with Crippen LogP contribution in [-0.4, -0.2) is 25.4 Å². The molecule has 0 bridgehead atoms. The molecule has 0 saturated heterocycles. The lowest BCUT2D eigenvalue weighted by Crippen LogP contribution is -2.13. The molecule has 0 spiro atoms. The van der Waals surface area contributed by atoms with E-state index in [0.29, 0.717) is 17.8 Å². The van der Waals surface area contributed by atoms with Crippen molar-refractivity contribution in [2.45, 2.75) is 26.2 Å². The number of nitrogens with zero attached hydrogens (tertiary/aromatic N) is 3. The van der Waals surface area contributed by atoms with E-state index in [4.69, 9.17) is 0 Å². The molecule has 1 unspecified atom stereocenters. The van der Waals surface area contributed by atoms with E-state index in [1.54, 1.807) is 6.07 Å². The van der Waals surface area contributed by atoms with Crippen molar-refractivity contribution in [1.82, 2.24) is 19.6 Å². The van der Waals surface area contributed by atoms with Crippen molar-refractivity contribution in [2.75, 3.05) is 0 Å². The van der Waals surface area contributed by atoms with Gasteiger partial charge in [-0.1, -0.05) is 6.92 Å². The second kappa shape index (κ2) is 3.88. The molecule has 0 aliphatic heterocycles. The largest absolute Gasteiger partial charge is 0.348 e. The fraction of sp³-hybridized carbons (Fsp3) is 0.400. The Balaban J connectivity index is 2.54. The minimum Gasteiger partial charge on any atom is -0.299 e. The number of H-pyrrole nitrogens is 1. The molecule has 2 aromatic rings. The molecule has 0 aliphatic carbocycles. The SMILES string of the molecule is CCC(C(C)=O)c1cc2n[nH]c(=O)n2cn1. The van der Waals surface area contributed by atoms with Crippen LogP contribution in [0.2, 0.25) is 0 Å². The van der Waals surface area contributed by atoms with Gasteiger partial charge in [0.1, 0.15) is 12.1 Å². The van der Waals surface area contributed by atoms with Crippen LogP contribution in [0.4, 0.5) is 0 Å². The second-order valence-electron chi connectivity index (χ2n) is 3.64. The van der Waals surface area contributed by atoms with E-state index in [0.717, 1.165) is 0 Å². The summed E-state index contributed by atoms with van der Waals surface area (Å²) < 4.78 is 1.30. The van der Waals surface area contributed by atoms with Gasteiger partial charge in [0.15, 0.2) is 5.65 Å². The summed E-state index contributed by atoms with van der Waals surface area (Å²) in [6.45, 7) is 3.46. The Bertz CT molecular complexity index is 584.